The normalized spacial score (nSPS) is 15.3. The Morgan fingerprint density at radius 3 is 2.62 bits per heavy atom. The van der Waals surface area contributed by atoms with Crippen molar-refractivity contribution >= 4 is 11.7 Å². The van der Waals surface area contributed by atoms with E-state index in [1.807, 2.05) is 56.3 Å². The van der Waals surface area contributed by atoms with Crippen LogP contribution in [0.2, 0.25) is 0 Å². The highest BCUT2D eigenvalue weighted by Crippen LogP contribution is 2.41. The number of Topliss-reactive ketones (excluding diaryl/α,β-unsaturated/α-hetero) is 1. The van der Waals surface area contributed by atoms with Gasteiger partial charge in [-0.1, -0.05) is 56.3 Å². The van der Waals surface area contributed by atoms with E-state index in [0.29, 0.717) is 12.4 Å². The molecule has 0 bridgehead atoms. The lowest BCUT2D eigenvalue weighted by atomic mass is 9.85. The molecule has 5 nitrogen and oxygen atoms in total. The maximum Gasteiger partial charge on any atom is 0.245 e. The zero-order valence-corrected chi connectivity index (χ0v) is 14.8. The maximum absolute atomic E-state index is 12.8. The van der Waals surface area contributed by atoms with Gasteiger partial charge >= 0.3 is 0 Å². The molecule has 5 heteroatoms. The van der Waals surface area contributed by atoms with Crippen LogP contribution < -0.4 is 10.1 Å². The van der Waals surface area contributed by atoms with Gasteiger partial charge in [-0.15, -0.1) is 0 Å². The Labute approximate surface area is 152 Å². The minimum atomic E-state index is -1.41. The third-order valence-electron chi connectivity index (χ3n) is 4.55. The Bertz CT molecular complexity index is 882. The number of carbonyl (C=O) groups is 2. The summed E-state index contributed by atoms with van der Waals surface area (Å²) in [7, 11) is 0. The van der Waals surface area contributed by atoms with Crippen molar-refractivity contribution in [3.63, 3.8) is 0 Å². The first-order chi connectivity index (χ1) is 12.4. The van der Waals surface area contributed by atoms with Crippen molar-refractivity contribution in [3.8, 4) is 11.8 Å². The van der Waals surface area contributed by atoms with Crippen molar-refractivity contribution in [2.45, 2.75) is 25.8 Å². The number of hydrogen-bond acceptors (Lipinski definition) is 4. The van der Waals surface area contributed by atoms with Crippen LogP contribution in [0.25, 0.3) is 0 Å². The molecule has 0 radical (unpaired) electrons. The molecular weight excluding hydrogens is 328 g/mol. The second kappa shape index (κ2) is 7.01. The number of hydrogen-bond donors (Lipinski definition) is 1. The predicted octanol–water partition coefficient (Wildman–Crippen LogP) is 3.00. The molecule has 0 saturated carbocycles. The van der Waals surface area contributed by atoms with Crippen molar-refractivity contribution in [2.24, 2.45) is 5.92 Å². The molecule has 26 heavy (non-hydrogen) atoms. The Balaban J connectivity index is 1.79. The number of nitriles is 1. The van der Waals surface area contributed by atoms with Gasteiger partial charge in [0.25, 0.3) is 0 Å². The largest absolute Gasteiger partial charge is 0.492 e. The molecule has 2 aromatic rings. The molecule has 3 rings (SSSR count). The minimum absolute atomic E-state index is 0.205. The van der Waals surface area contributed by atoms with E-state index in [4.69, 9.17) is 4.74 Å². The van der Waals surface area contributed by atoms with Gasteiger partial charge in [0.15, 0.2) is 11.7 Å². The summed E-state index contributed by atoms with van der Waals surface area (Å²) < 4.78 is 5.71. The summed E-state index contributed by atoms with van der Waals surface area (Å²) in [5.41, 5.74) is 1.90. The number of ketones is 1. The molecule has 0 aliphatic carbocycles. The van der Waals surface area contributed by atoms with Gasteiger partial charge in [0.2, 0.25) is 5.91 Å². The molecule has 1 aliphatic heterocycles. The molecule has 1 aliphatic rings. The van der Waals surface area contributed by atoms with Crippen LogP contribution >= 0.6 is 0 Å². The van der Waals surface area contributed by atoms with E-state index in [-0.39, 0.29) is 17.5 Å². The second-order valence-corrected chi connectivity index (χ2v) is 6.98. The van der Waals surface area contributed by atoms with Gasteiger partial charge in [-0.25, -0.2) is 0 Å². The fraction of sp³-hybridized carbons (Fsp3) is 0.286. The number of fused-ring (bicyclic) bond motifs is 1. The molecule has 1 heterocycles. The third kappa shape index (κ3) is 3.31. The fourth-order valence-electron chi connectivity index (χ4n) is 3.03. The summed E-state index contributed by atoms with van der Waals surface area (Å²) in [5.74, 6) is -2.06. The molecule has 2 aromatic carbocycles. The van der Waals surface area contributed by atoms with Crippen LogP contribution in [0, 0.1) is 17.2 Å². The standard InChI is InChI=1S/C21H20N2O3/c1-21(2)13-26-19-15(9-6-10-17(19)21)18(24)16(11-22)20(25)23-12-14-7-4-3-5-8-14/h3-10,16H,12-13H2,1-2H3,(H,23,25)/t16-/m1/s1. The van der Waals surface area contributed by atoms with Crippen LogP contribution in [-0.4, -0.2) is 18.3 Å². The lowest BCUT2D eigenvalue weighted by Crippen LogP contribution is -2.34. The van der Waals surface area contributed by atoms with Crippen LogP contribution in [0.4, 0.5) is 0 Å². The number of ether oxygens (including phenoxy) is 1. The summed E-state index contributed by atoms with van der Waals surface area (Å²) in [6.45, 7) is 4.79. The lowest BCUT2D eigenvalue weighted by molar-refractivity contribution is -0.122. The maximum atomic E-state index is 12.8. The third-order valence-corrected chi connectivity index (χ3v) is 4.55. The molecule has 0 unspecified atom stereocenters. The Kier molecular flexibility index (Phi) is 4.77. The summed E-state index contributed by atoms with van der Waals surface area (Å²) in [4.78, 5) is 25.2. The first-order valence-electron chi connectivity index (χ1n) is 8.46. The fourth-order valence-corrected chi connectivity index (χ4v) is 3.03. The summed E-state index contributed by atoms with van der Waals surface area (Å²) in [5, 5.41) is 12.1. The number of benzene rings is 2. The molecule has 1 N–H and O–H groups in total. The molecular formula is C21H20N2O3. The molecule has 0 spiro atoms. The number of carbonyl (C=O) groups excluding carboxylic acids is 2. The summed E-state index contributed by atoms with van der Waals surface area (Å²) in [6, 6.07) is 16.4. The highest BCUT2D eigenvalue weighted by molar-refractivity contribution is 6.13. The van der Waals surface area contributed by atoms with Crippen LogP contribution in [0.1, 0.15) is 35.3 Å². The monoisotopic (exact) mass is 348 g/mol. The number of amides is 1. The van der Waals surface area contributed by atoms with Crippen molar-refractivity contribution < 1.29 is 14.3 Å². The van der Waals surface area contributed by atoms with Gasteiger partial charge in [0.1, 0.15) is 5.75 Å². The van der Waals surface area contributed by atoms with Crippen LogP contribution in [-0.2, 0) is 16.8 Å². The van der Waals surface area contributed by atoms with Gasteiger partial charge in [-0.05, 0) is 11.6 Å². The van der Waals surface area contributed by atoms with Crippen molar-refractivity contribution in [2.75, 3.05) is 6.61 Å². The Morgan fingerprint density at radius 1 is 1.19 bits per heavy atom. The number of para-hydroxylation sites is 1. The topological polar surface area (TPSA) is 79.2 Å². The zero-order chi connectivity index (χ0) is 18.7. The van der Waals surface area contributed by atoms with Gasteiger partial charge in [0.05, 0.1) is 18.2 Å². The van der Waals surface area contributed by atoms with Crippen LogP contribution in [0.3, 0.4) is 0 Å². The second-order valence-electron chi connectivity index (χ2n) is 6.98. The SMILES string of the molecule is CC1(C)COc2c(C(=O)[C@@H](C#N)C(=O)NCc3ccccc3)cccc21. The van der Waals surface area contributed by atoms with Gasteiger partial charge < -0.3 is 10.1 Å². The van der Waals surface area contributed by atoms with Crippen molar-refractivity contribution in [3.05, 3.63) is 65.2 Å². The molecule has 132 valence electrons. The highest BCUT2D eigenvalue weighted by atomic mass is 16.5. The average molecular weight is 348 g/mol. The molecule has 0 aromatic heterocycles. The van der Waals surface area contributed by atoms with E-state index in [1.54, 1.807) is 12.1 Å². The van der Waals surface area contributed by atoms with E-state index in [0.717, 1.165) is 11.1 Å². The molecule has 1 atom stereocenters. The Hall–Kier alpha value is -3.13. The van der Waals surface area contributed by atoms with Gasteiger partial charge in [-0.2, -0.15) is 5.26 Å². The first kappa shape index (κ1) is 17.7. The van der Waals surface area contributed by atoms with Crippen molar-refractivity contribution in [1.82, 2.24) is 5.32 Å². The number of nitrogens with zero attached hydrogens (tertiary/aromatic N) is 1. The van der Waals surface area contributed by atoms with Crippen molar-refractivity contribution in [1.29, 1.82) is 5.26 Å². The summed E-state index contributed by atoms with van der Waals surface area (Å²) in [6.07, 6.45) is 0. The summed E-state index contributed by atoms with van der Waals surface area (Å²) >= 11 is 0. The molecule has 1 amide bonds. The van der Waals surface area contributed by atoms with E-state index in [1.165, 1.54) is 0 Å². The zero-order valence-electron chi connectivity index (χ0n) is 14.8. The highest BCUT2D eigenvalue weighted by Gasteiger charge is 2.37. The smallest absolute Gasteiger partial charge is 0.245 e. The van der Waals surface area contributed by atoms with Crippen LogP contribution in [0.15, 0.2) is 48.5 Å². The van der Waals surface area contributed by atoms with E-state index in [2.05, 4.69) is 5.32 Å². The average Bonchev–Trinajstić information content (AvgIpc) is 2.96. The quantitative estimate of drug-likeness (QED) is 0.665. The van der Waals surface area contributed by atoms with Gasteiger partial charge in [-0.3, -0.25) is 9.59 Å². The van der Waals surface area contributed by atoms with E-state index >= 15 is 0 Å². The predicted molar refractivity (Wildman–Crippen MR) is 96.7 cm³/mol. The Morgan fingerprint density at radius 2 is 1.92 bits per heavy atom. The van der Waals surface area contributed by atoms with E-state index in [9.17, 15) is 14.9 Å². The molecule has 0 saturated heterocycles. The van der Waals surface area contributed by atoms with Crippen LogP contribution in [0.5, 0.6) is 5.75 Å². The minimum Gasteiger partial charge on any atom is -0.492 e. The molecule has 0 fully saturated rings. The number of rotatable bonds is 5. The lowest BCUT2D eigenvalue weighted by Gasteiger charge is -2.15. The first-order valence-corrected chi connectivity index (χ1v) is 8.46. The van der Waals surface area contributed by atoms with Gasteiger partial charge in [0, 0.05) is 17.5 Å². The van der Waals surface area contributed by atoms with E-state index < -0.39 is 17.6 Å². The number of nitrogens with one attached hydrogen (secondary N) is 1.